The van der Waals surface area contributed by atoms with Crippen molar-refractivity contribution in [2.45, 2.75) is 6.42 Å². The van der Waals surface area contributed by atoms with Crippen LogP contribution in [0.1, 0.15) is 22.3 Å². The number of rotatable bonds is 4. The first-order valence-corrected chi connectivity index (χ1v) is 8.19. The number of H-pyrrole nitrogens is 1. The van der Waals surface area contributed by atoms with Crippen molar-refractivity contribution in [3.8, 4) is 29.5 Å². The molecule has 0 bridgehead atoms. The second-order valence-electron chi connectivity index (χ2n) is 5.58. The van der Waals surface area contributed by atoms with Gasteiger partial charge in [0.1, 0.15) is 12.0 Å². The monoisotopic (exact) mass is 352 g/mol. The summed E-state index contributed by atoms with van der Waals surface area (Å²) in [4.78, 5) is 14.5. The van der Waals surface area contributed by atoms with E-state index in [1.807, 2.05) is 42.5 Å². The third kappa shape index (κ3) is 5.71. The Bertz CT molecular complexity index is 988. The van der Waals surface area contributed by atoms with E-state index in [0.717, 1.165) is 11.3 Å². The molecule has 0 aliphatic rings. The van der Waals surface area contributed by atoms with Gasteiger partial charge in [-0.2, -0.15) is 15.8 Å². The van der Waals surface area contributed by atoms with Gasteiger partial charge in [0.2, 0.25) is 0 Å². The number of carbonyl (C=O) groups excluding carboxylic acids is 1. The third-order valence-electron chi connectivity index (χ3n) is 3.69. The lowest BCUT2D eigenvalue weighted by Crippen LogP contribution is -2.05. The largest absolute Gasteiger partial charge is 0.360 e. The highest BCUT2D eigenvalue weighted by molar-refractivity contribution is 5.96. The van der Waals surface area contributed by atoms with Crippen LogP contribution in [0.4, 0.5) is 0 Å². The average Bonchev–Trinajstić information content (AvgIpc) is 3.23. The molecule has 0 atom stereocenters. The fourth-order valence-corrected chi connectivity index (χ4v) is 2.29. The molecule has 0 saturated heterocycles. The van der Waals surface area contributed by atoms with E-state index in [4.69, 9.17) is 15.8 Å². The third-order valence-corrected chi connectivity index (χ3v) is 3.69. The van der Waals surface area contributed by atoms with E-state index < -0.39 is 5.92 Å². The van der Waals surface area contributed by atoms with Gasteiger partial charge in [0.25, 0.3) is 0 Å². The number of aromatic amines is 1. The maximum Gasteiger partial charge on any atom is 0.165 e. The van der Waals surface area contributed by atoms with Crippen LogP contribution in [0.25, 0.3) is 11.3 Å². The summed E-state index contributed by atoms with van der Waals surface area (Å²) in [7, 11) is 0. The normalized spacial score (nSPS) is 9.26. The Kier molecular flexibility index (Phi) is 7.10. The number of nitrogens with zero attached hydrogens (tertiary/aromatic N) is 3. The van der Waals surface area contributed by atoms with Crippen LogP contribution >= 0.6 is 0 Å². The molecule has 0 aliphatic carbocycles. The lowest BCUT2D eigenvalue weighted by molar-refractivity contribution is 0.0976. The minimum atomic E-state index is -0.845. The molecule has 0 amide bonds. The van der Waals surface area contributed by atoms with Gasteiger partial charge in [-0.05, 0) is 11.6 Å². The Morgan fingerprint density at radius 3 is 2.04 bits per heavy atom. The summed E-state index contributed by atoms with van der Waals surface area (Å²) in [5.41, 5.74) is 3.29. The Balaban J connectivity index is 0.000000194. The number of benzene rings is 2. The van der Waals surface area contributed by atoms with E-state index in [-0.39, 0.29) is 12.2 Å². The lowest BCUT2D eigenvalue weighted by Gasteiger charge is -1.99. The number of carbonyl (C=O) groups is 1. The van der Waals surface area contributed by atoms with Gasteiger partial charge < -0.3 is 4.98 Å². The number of hydrogen-bond donors (Lipinski definition) is 1. The minimum absolute atomic E-state index is 0.0307. The number of Topliss-reactive ketones (excluding diaryl/α,β-unsaturated/α-hetero) is 1. The SMILES string of the molecule is N#CC(C#N)CC(=O)c1ccccc1.N#Cc1c[nH]c(-c2ccccc2)c1. The summed E-state index contributed by atoms with van der Waals surface area (Å²) in [6.07, 6.45) is 1.68. The molecule has 5 heteroatoms. The van der Waals surface area contributed by atoms with Crippen LogP contribution in [0.15, 0.2) is 72.9 Å². The van der Waals surface area contributed by atoms with Crippen LogP contribution < -0.4 is 0 Å². The molecular weight excluding hydrogens is 336 g/mol. The van der Waals surface area contributed by atoms with Crippen molar-refractivity contribution in [2.24, 2.45) is 5.92 Å². The van der Waals surface area contributed by atoms with E-state index in [1.54, 1.807) is 42.6 Å². The Morgan fingerprint density at radius 2 is 1.52 bits per heavy atom. The molecule has 5 nitrogen and oxygen atoms in total. The van der Waals surface area contributed by atoms with E-state index in [9.17, 15) is 4.79 Å². The minimum Gasteiger partial charge on any atom is -0.360 e. The number of hydrogen-bond acceptors (Lipinski definition) is 4. The van der Waals surface area contributed by atoms with Crippen LogP contribution in [0.5, 0.6) is 0 Å². The van der Waals surface area contributed by atoms with Gasteiger partial charge >= 0.3 is 0 Å². The van der Waals surface area contributed by atoms with E-state index in [1.165, 1.54) is 0 Å². The highest BCUT2D eigenvalue weighted by Gasteiger charge is 2.13. The van der Waals surface area contributed by atoms with Crippen LogP contribution in [0.2, 0.25) is 0 Å². The van der Waals surface area contributed by atoms with Crippen molar-refractivity contribution in [1.29, 1.82) is 15.8 Å². The first-order chi connectivity index (χ1) is 13.2. The zero-order valence-corrected chi connectivity index (χ0v) is 14.5. The summed E-state index contributed by atoms with van der Waals surface area (Å²) >= 11 is 0. The topological polar surface area (TPSA) is 104 Å². The molecular formula is C22H16N4O. The van der Waals surface area contributed by atoms with Crippen molar-refractivity contribution >= 4 is 5.78 Å². The molecule has 3 aromatic rings. The molecule has 1 N–H and O–H groups in total. The number of ketones is 1. The van der Waals surface area contributed by atoms with Gasteiger partial charge in [0, 0.05) is 23.9 Å². The maximum absolute atomic E-state index is 11.5. The summed E-state index contributed by atoms with van der Waals surface area (Å²) in [6.45, 7) is 0. The lowest BCUT2D eigenvalue weighted by atomic mass is 10.0. The van der Waals surface area contributed by atoms with Crippen molar-refractivity contribution in [2.75, 3.05) is 0 Å². The van der Waals surface area contributed by atoms with Crippen molar-refractivity contribution in [3.63, 3.8) is 0 Å². The van der Waals surface area contributed by atoms with E-state index in [0.29, 0.717) is 11.1 Å². The average molecular weight is 352 g/mol. The fourth-order valence-electron chi connectivity index (χ4n) is 2.29. The summed E-state index contributed by atoms with van der Waals surface area (Å²) in [5, 5.41) is 25.6. The van der Waals surface area contributed by atoms with Gasteiger partial charge in [-0.1, -0.05) is 60.7 Å². The highest BCUT2D eigenvalue weighted by atomic mass is 16.1. The number of nitriles is 3. The Labute approximate surface area is 157 Å². The zero-order valence-electron chi connectivity index (χ0n) is 14.5. The molecule has 3 rings (SSSR count). The standard InChI is InChI=1S/C11H8N2O.C11H8N2/c12-7-9(8-13)6-11(14)10-4-2-1-3-5-10;12-7-9-6-11(13-8-9)10-4-2-1-3-5-10/h1-5,9H,6H2;1-6,8,13H. The van der Waals surface area contributed by atoms with Crippen molar-refractivity contribution in [3.05, 3.63) is 84.1 Å². The summed E-state index contributed by atoms with van der Waals surface area (Å²) in [5.74, 6) is -1.01. The molecule has 0 unspecified atom stereocenters. The van der Waals surface area contributed by atoms with Crippen molar-refractivity contribution < 1.29 is 4.79 Å². The second kappa shape index (κ2) is 9.99. The van der Waals surface area contributed by atoms with Crippen LogP contribution in [0.3, 0.4) is 0 Å². The molecule has 0 aliphatic heterocycles. The highest BCUT2D eigenvalue weighted by Crippen LogP contribution is 2.17. The Hall–Kier alpha value is -4.14. The van der Waals surface area contributed by atoms with E-state index >= 15 is 0 Å². The van der Waals surface area contributed by atoms with Gasteiger partial charge in [-0.15, -0.1) is 0 Å². The predicted octanol–water partition coefficient (Wildman–Crippen LogP) is 4.48. The maximum atomic E-state index is 11.5. The molecule has 2 aromatic carbocycles. The Morgan fingerprint density at radius 1 is 0.926 bits per heavy atom. The first-order valence-electron chi connectivity index (χ1n) is 8.19. The second-order valence-corrected chi connectivity index (χ2v) is 5.58. The molecule has 0 radical (unpaired) electrons. The van der Waals surface area contributed by atoms with Gasteiger partial charge in [0.15, 0.2) is 5.78 Å². The van der Waals surface area contributed by atoms with Crippen LogP contribution in [0, 0.1) is 39.9 Å². The van der Waals surface area contributed by atoms with Gasteiger partial charge in [-0.25, -0.2) is 0 Å². The molecule has 1 heterocycles. The summed E-state index contributed by atoms with van der Waals surface area (Å²) < 4.78 is 0. The molecule has 27 heavy (non-hydrogen) atoms. The number of nitrogens with one attached hydrogen (secondary N) is 1. The molecule has 1 aromatic heterocycles. The smallest absolute Gasteiger partial charge is 0.165 e. The quantitative estimate of drug-likeness (QED) is 0.699. The van der Waals surface area contributed by atoms with E-state index in [2.05, 4.69) is 11.1 Å². The first kappa shape index (κ1) is 19.2. The molecule has 0 spiro atoms. The van der Waals surface area contributed by atoms with Crippen LogP contribution in [-0.4, -0.2) is 10.8 Å². The zero-order chi connectivity index (χ0) is 19.5. The molecule has 0 fully saturated rings. The fraction of sp³-hybridized carbons (Fsp3) is 0.0909. The number of aromatic nitrogens is 1. The van der Waals surface area contributed by atoms with Crippen molar-refractivity contribution in [1.82, 2.24) is 4.98 Å². The predicted molar refractivity (Wildman–Crippen MR) is 101 cm³/mol. The molecule has 0 saturated carbocycles. The molecule has 130 valence electrons. The van der Waals surface area contributed by atoms with Gasteiger partial charge in [-0.3, -0.25) is 4.79 Å². The van der Waals surface area contributed by atoms with Crippen LogP contribution in [-0.2, 0) is 0 Å². The summed E-state index contributed by atoms with van der Waals surface area (Å²) in [6, 6.07) is 26.1. The van der Waals surface area contributed by atoms with Gasteiger partial charge in [0.05, 0.1) is 17.7 Å².